The Balaban J connectivity index is 2.51. The van der Waals surface area contributed by atoms with Crippen LogP contribution in [-0.2, 0) is 4.74 Å². The van der Waals surface area contributed by atoms with Crippen molar-refractivity contribution in [3.8, 4) is 0 Å². The fourth-order valence-electron chi connectivity index (χ4n) is 1.22. The van der Waals surface area contributed by atoms with Gasteiger partial charge in [-0.3, -0.25) is 0 Å². The van der Waals surface area contributed by atoms with Crippen molar-refractivity contribution in [1.82, 2.24) is 0 Å². The smallest absolute Gasteiger partial charge is 0.131 e. The Morgan fingerprint density at radius 2 is 2.27 bits per heavy atom. The van der Waals surface area contributed by atoms with Gasteiger partial charge >= 0.3 is 0 Å². The number of halogens is 1. The van der Waals surface area contributed by atoms with Crippen LogP contribution in [0.1, 0.15) is 13.3 Å². The minimum Gasteiger partial charge on any atom is -0.391 e. The summed E-state index contributed by atoms with van der Waals surface area (Å²) >= 11 is 0. The van der Waals surface area contributed by atoms with Gasteiger partial charge in [0.25, 0.3) is 0 Å². The molecule has 0 aromatic heterocycles. The van der Waals surface area contributed by atoms with Crippen LogP contribution in [0.4, 0.5) is 4.39 Å². The van der Waals surface area contributed by atoms with Gasteiger partial charge in [-0.1, -0.05) is 0 Å². The Kier molecular flexibility index (Phi) is 2.81. The lowest BCUT2D eigenvalue weighted by atomic mass is 10.0. The van der Waals surface area contributed by atoms with E-state index in [4.69, 9.17) is 14.9 Å². The van der Waals surface area contributed by atoms with Crippen LogP contribution in [-0.4, -0.2) is 41.3 Å². The van der Waals surface area contributed by atoms with Gasteiger partial charge in [0.15, 0.2) is 0 Å². The van der Waals surface area contributed by atoms with E-state index in [1.807, 2.05) is 0 Å². The van der Waals surface area contributed by atoms with Crippen LogP contribution < -0.4 is 0 Å². The van der Waals surface area contributed by atoms with E-state index in [9.17, 15) is 4.39 Å². The fraction of sp³-hybridized carbons (Fsp3) is 1.00. The molecule has 0 radical (unpaired) electrons. The molecule has 1 aliphatic rings. The van der Waals surface area contributed by atoms with E-state index in [0.29, 0.717) is 0 Å². The molecule has 0 bridgehead atoms. The number of rotatable bonds is 1. The Morgan fingerprint density at radius 1 is 1.64 bits per heavy atom. The highest BCUT2D eigenvalue weighted by molar-refractivity contribution is 4.84. The van der Waals surface area contributed by atoms with Crippen molar-refractivity contribution in [2.75, 3.05) is 6.61 Å². The van der Waals surface area contributed by atoms with Crippen LogP contribution in [0.5, 0.6) is 0 Å². The Morgan fingerprint density at radius 3 is 2.73 bits per heavy atom. The van der Waals surface area contributed by atoms with Gasteiger partial charge in [-0.15, -0.1) is 0 Å². The molecule has 1 saturated heterocycles. The summed E-state index contributed by atoms with van der Waals surface area (Å²) in [5.41, 5.74) is 0. The SMILES string of the molecule is CC(O)C1OCCC(F)C1O. The molecule has 1 fully saturated rings. The molecule has 4 unspecified atom stereocenters. The Labute approximate surface area is 64.8 Å². The third-order valence-electron chi connectivity index (χ3n) is 1.89. The van der Waals surface area contributed by atoms with E-state index in [0.717, 1.165) is 0 Å². The molecule has 1 heterocycles. The predicted molar refractivity (Wildman–Crippen MR) is 36.9 cm³/mol. The highest BCUT2D eigenvalue weighted by Gasteiger charge is 2.35. The molecule has 0 spiro atoms. The van der Waals surface area contributed by atoms with Crippen molar-refractivity contribution in [3.05, 3.63) is 0 Å². The summed E-state index contributed by atoms with van der Waals surface area (Å²) in [6.07, 6.45) is -3.81. The molecule has 4 atom stereocenters. The largest absolute Gasteiger partial charge is 0.391 e. The molecule has 0 aromatic rings. The topological polar surface area (TPSA) is 49.7 Å². The maximum Gasteiger partial charge on any atom is 0.131 e. The van der Waals surface area contributed by atoms with Crippen molar-refractivity contribution in [1.29, 1.82) is 0 Å². The van der Waals surface area contributed by atoms with Gasteiger partial charge in [0, 0.05) is 6.42 Å². The Bertz CT molecular complexity index is 129. The van der Waals surface area contributed by atoms with Gasteiger partial charge in [-0.05, 0) is 6.92 Å². The molecule has 1 aliphatic heterocycles. The third kappa shape index (κ3) is 1.89. The second kappa shape index (κ2) is 3.47. The van der Waals surface area contributed by atoms with Gasteiger partial charge in [-0.2, -0.15) is 0 Å². The van der Waals surface area contributed by atoms with Crippen molar-refractivity contribution in [3.63, 3.8) is 0 Å². The van der Waals surface area contributed by atoms with E-state index in [1.54, 1.807) is 0 Å². The first-order chi connectivity index (χ1) is 5.13. The average Bonchev–Trinajstić information content (AvgIpc) is 1.94. The van der Waals surface area contributed by atoms with Crippen LogP contribution >= 0.6 is 0 Å². The molecule has 11 heavy (non-hydrogen) atoms. The third-order valence-corrected chi connectivity index (χ3v) is 1.89. The van der Waals surface area contributed by atoms with Crippen molar-refractivity contribution in [2.24, 2.45) is 0 Å². The maximum atomic E-state index is 12.7. The minimum absolute atomic E-state index is 0.213. The second-order valence-corrected chi connectivity index (χ2v) is 2.87. The summed E-state index contributed by atoms with van der Waals surface area (Å²) in [4.78, 5) is 0. The number of hydrogen-bond acceptors (Lipinski definition) is 3. The normalized spacial score (nSPS) is 42.0. The lowest BCUT2D eigenvalue weighted by Crippen LogP contribution is -2.47. The second-order valence-electron chi connectivity index (χ2n) is 2.87. The minimum atomic E-state index is -1.26. The first kappa shape index (κ1) is 8.90. The summed E-state index contributed by atoms with van der Waals surface area (Å²) in [6.45, 7) is 1.75. The number of aliphatic hydroxyl groups is 2. The van der Waals surface area contributed by atoms with Gasteiger partial charge in [0.1, 0.15) is 18.4 Å². The molecule has 4 heteroatoms. The van der Waals surface area contributed by atoms with Crippen molar-refractivity contribution < 1.29 is 19.3 Å². The monoisotopic (exact) mass is 164 g/mol. The zero-order valence-electron chi connectivity index (χ0n) is 6.40. The molecule has 66 valence electrons. The highest BCUT2D eigenvalue weighted by atomic mass is 19.1. The van der Waals surface area contributed by atoms with Crippen LogP contribution in [0.15, 0.2) is 0 Å². The maximum absolute atomic E-state index is 12.7. The molecule has 0 aromatic carbocycles. The number of ether oxygens (including phenoxy) is 1. The summed E-state index contributed by atoms with van der Waals surface area (Å²) in [6, 6.07) is 0. The van der Waals surface area contributed by atoms with E-state index in [2.05, 4.69) is 0 Å². The van der Waals surface area contributed by atoms with E-state index < -0.39 is 24.5 Å². The summed E-state index contributed by atoms with van der Waals surface area (Å²) in [7, 11) is 0. The molecule has 0 aliphatic carbocycles. The molecule has 1 rings (SSSR count). The summed E-state index contributed by atoms with van der Waals surface area (Å²) < 4.78 is 17.7. The zero-order valence-corrected chi connectivity index (χ0v) is 6.40. The van der Waals surface area contributed by atoms with Crippen molar-refractivity contribution in [2.45, 2.75) is 37.8 Å². The van der Waals surface area contributed by atoms with Crippen LogP contribution in [0.3, 0.4) is 0 Å². The van der Waals surface area contributed by atoms with E-state index in [-0.39, 0.29) is 13.0 Å². The Hall–Kier alpha value is -0.190. The van der Waals surface area contributed by atoms with Crippen molar-refractivity contribution >= 4 is 0 Å². The fourth-order valence-corrected chi connectivity index (χ4v) is 1.22. The van der Waals surface area contributed by atoms with Gasteiger partial charge in [0.05, 0.1) is 12.7 Å². The lowest BCUT2D eigenvalue weighted by molar-refractivity contribution is -0.149. The van der Waals surface area contributed by atoms with E-state index >= 15 is 0 Å². The lowest BCUT2D eigenvalue weighted by Gasteiger charge is -2.32. The highest BCUT2D eigenvalue weighted by Crippen LogP contribution is 2.19. The summed E-state index contributed by atoms with van der Waals surface area (Å²) in [5.74, 6) is 0. The number of aliphatic hydroxyl groups excluding tert-OH is 2. The standard InChI is InChI=1S/C7H13FO3/c1-4(9)7-6(10)5(8)2-3-11-7/h4-7,9-10H,2-3H2,1H3. The quantitative estimate of drug-likeness (QED) is 0.567. The number of alkyl halides is 1. The zero-order chi connectivity index (χ0) is 8.43. The molecular formula is C7H13FO3. The van der Waals surface area contributed by atoms with Gasteiger partial charge in [-0.25, -0.2) is 4.39 Å². The van der Waals surface area contributed by atoms with Crippen LogP contribution in [0.2, 0.25) is 0 Å². The first-order valence-electron chi connectivity index (χ1n) is 3.74. The summed E-state index contributed by atoms with van der Waals surface area (Å²) in [5, 5.41) is 18.2. The first-order valence-corrected chi connectivity index (χ1v) is 3.74. The molecule has 3 nitrogen and oxygen atoms in total. The molecule has 0 amide bonds. The van der Waals surface area contributed by atoms with Gasteiger partial charge < -0.3 is 14.9 Å². The van der Waals surface area contributed by atoms with Crippen LogP contribution in [0.25, 0.3) is 0 Å². The molecule has 0 saturated carbocycles. The number of hydrogen-bond donors (Lipinski definition) is 2. The molecule has 2 N–H and O–H groups in total. The van der Waals surface area contributed by atoms with Gasteiger partial charge in [0.2, 0.25) is 0 Å². The average molecular weight is 164 g/mol. The predicted octanol–water partition coefficient (Wildman–Crippen LogP) is -0.145. The van der Waals surface area contributed by atoms with Crippen LogP contribution in [0, 0.1) is 0 Å². The molecular weight excluding hydrogens is 151 g/mol. The van der Waals surface area contributed by atoms with E-state index in [1.165, 1.54) is 6.92 Å².